The Kier molecular flexibility index (Phi) is 5.65. The van der Waals surface area contributed by atoms with Crippen molar-refractivity contribution in [2.24, 2.45) is 11.0 Å². The predicted molar refractivity (Wildman–Crippen MR) is 105 cm³/mol. The Balaban J connectivity index is 1.56. The van der Waals surface area contributed by atoms with E-state index >= 15 is 0 Å². The molecule has 3 rings (SSSR count). The summed E-state index contributed by atoms with van der Waals surface area (Å²) < 4.78 is 0. The minimum absolute atomic E-state index is 0.0921. The van der Waals surface area contributed by atoms with Gasteiger partial charge in [0.15, 0.2) is 0 Å². The van der Waals surface area contributed by atoms with Gasteiger partial charge in [0.1, 0.15) is 6.04 Å². The van der Waals surface area contributed by atoms with Gasteiger partial charge in [-0.2, -0.15) is 5.10 Å². The van der Waals surface area contributed by atoms with Crippen molar-refractivity contribution in [3.63, 3.8) is 0 Å². The van der Waals surface area contributed by atoms with Gasteiger partial charge in [-0.3, -0.25) is 4.79 Å². The second kappa shape index (κ2) is 8.12. The van der Waals surface area contributed by atoms with E-state index in [-0.39, 0.29) is 23.9 Å². The lowest BCUT2D eigenvalue weighted by atomic mass is 9.91. The van der Waals surface area contributed by atoms with Crippen LogP contribution < -0.4 is 21.2 Å². The average molecular weight is 351 g/mol. The number of carbonyl (C=O) groups excluding carboxylic acids is 1. The number of hydrazine groups is 1. The molecule has 1 heterocycles. The van der Waals surface area contributed by atoms with Gasteiger partial charge in [-0.25, -0.2) is 16.3 Å². The van der Waals surface area contributed by atoms with Crippen LogP contribution in [0, 0.1) is 5.92 Å². The zero-order chi connectivity index (χ0) is 18.5. The highest BCUT2D eigenvalue weighted by molar-refractivity contribution is 5.85. The maximum atomic E-state index is 12.4. The molecule has 1 amide bonds. The van der Waals surface area contributed by atoms with Crippen LogP contribution in [-0.4, -0.2) is 32.3 Å². The number of nitrogens with one attached hydrogen (secondary N) is 3. The van der Waals surface area contributed by atoms with Crippen LogP contribution in [0.5, 0.6) is 0 Å². The first-order chi connectivity index (χ1) is 12.6. The summed E-state index contributed by atoms with van der Waals surface area (Å²) in [5.74, 6) is -0.0448. The fraction of sp³-hybridized carbons (Fsp3) is 0.300. The highest BCUT2D eigenvalue weighted by Crippen LogP contribution is 2.28. The highest BCUT2D eigenvalue weighted by atomic mass is 16.2. The van der Waals surface area contributed by atoms with Gasteiger partial charge in [0.25, 0.3) is 5.91 Å². The third kappa shape index (κ3) is 4.09. The summed E-state index contributed by atoms with van der Waals surface area (Å²) in [4.78, 5) is 14.5. The fourth-order valence-corrected chi connectivity index (χ4v) is 3.08. The summed E-state index contributed by atoms with van der Waals surface area (Å²) in [7, 11) is 3.99. The summed E-state index contributed by atoms with van der Waals surface area (Å²) in [5, 5.41) is 4.09. The lowest BCUT2D eigenvalue weighted by Gasteiger charge is -2.17. The Morgan fingerprint density at radius 1 is 1.08 bits per heavy atom. The first-order valence-electron chi connectivity index (χ1n) is 8.72. The number of anilines is 1. The Morgan fingerprint density at radius 2 is 1.77 bits per heavy atom. The van der Waals surface area contributed by atoms with Crippen molar-refractivity contribution in [3.8, 4) is 0 Å². The number of rotatable bonds is 5. The maximum Gasteiger partial charge on any atom is 0.258 e. The number of hydrogen-bond acceptors (Lipinski definition) is 5. The van der Waals surface area contributed by atoms with Crippen LogP contribution in [0.25, 0.3) is 0 Å². The first kappa shape index (κ1) is 18.1. The number of hydrazone groups is 1. The Hall–Kier alpha value is -2.70. The largest absolute Gasteiger partial charge is 0.378 e. The standard InChI is InChI=1S/C20H25N5O/c1-14-18(16-7-5-4-6-8-16)22-23-19(14)20(26)24-21-13-15-9-11-17(12-10-15)25(2)3/h4-14,18-19,22-23H,1-3H3,(H,24,26)/b21-13+. The molecule has 0 bridgehead atoms. The van der Waals surface area contributed by atoms with E-state index in [1.54, 1.807) is 6.21 Å². The van der Waals surface area contributed by atoms with Gasteiger partial charge < -0.3 is 4.90 Å². The molecule has 2 aromatic carbocycles. The van der Waals surface area contributed by atoms with Crippen LogP contribution in [0.15, 0.2) is 59.7 Å². The van der Waals surface area contributed by atoms with Crippen LogP contribution in [0.3, 0.4) is 0 Å². The van der Waals surface area contributed by atoms with E-state index in [0.717, 1.165) is 16.8 Å². The molecular weight excluding hydrogens is 326 g/mol. The second-order valence-electron chi connectivity index (χ2n) is 6.73. The second-order valence-corrected chi connectivity index (χ2v) is 6.73. The van der Waals surface area contributed by atoms with E-state index < -0.39 is 0 Å². The van der Waals surface area contributed by atoms with Gasteiger partial charge in [-0.1, -0.05) is 49.4 Å². The van der Waals surface area contributed by atoms with Gasteiger partial charge in [-0.15, -0.1) is 0 Å². The van der Waals surface area contributed by atoms with Crippen molar-refractivity contribution in [1.82, 2.24) is 16.3 Å². The Bertz CT molecular complexity index is 758. The molecule has 26 heavy (non-hydrogen) atoms. The van der Waals surface area contributed by atoms with E-state index in [9.17, 15) is 4.79 Å². The summed E-state index contributed by atoms with van der Waals surface area (Å²) in [6, 6.07) is 17.8. The summed E-state index contributed by atoms with van der Waals surface area (Å²) in [6.45, 7) is 2.05. The molecule has 3 atom stereocenters. The molecule has 3 N–H and O–H groups in total. The molecule has 1 saturated heterocycles. The Labute approximate surface area is 154 Å². The summed E-state index contributed by atoms with van der Waals surface area (Å²) >= 11 is 0. The quantitative estimate of drug-likeness (QED) is 0.570. The van der Waals surface area contributed by atoms with Gasteiger partial charge in [0, 0.05) is 25.7 Å². The van der Waals surface area contributed by atoms with Gasteiger partial charge >= 0.3 is 0 Å². The smallest absolute Gasteiger partial charge is 0.258 e. The monoisotopic (exact) mass is 351 g/mol. The maximum absolute atomic E-state index is 12.4. The zero-order valence-corrected chi connectivity index (χ0v) is 15.3. The van der Waals surface area contributed by atoms with Crippen LogP contribution in [0.2, 0.25) is 0 Å². The first-order valence-corrected chi connectivity index (χ1v) is 8.72. The minimum atomic E-state index is -0.339. The van der Waals surface area contributed by atoms with Gasteiger partial charge in [-0.05, 0) is 23.3 Å². The summed E-state index contributed by atoms with van der Waals surface area (Å²) in [5.41, 5.74) is 12.1. The van der Waals surface area contributed by atoms with Crippen molar-refractivity contribution in [2.45, 2.75) is 19.0 Å². The van der Waals surface area contributed by atoms with Crippen molar-refractivity contribution in [1.29, 1.82) is 0 Å². The molecule has 6 nitrogen and oxygen atoms in total. The van der Waals surface area contributed by atoms with Crippen LogP contribution in [-0.2, 0) is 4.79 Å². The lowest BCUT2D eigenvalue weighted by molar-refractivity contribution is -0.123. The average Bonchev–Trinajstić information content (AvgIpc) is 3.04. The van der Waals surface area contributed by atoms with E-state index in [1.807, 2.05) is 61.5 Å². The van der Waals surface area contributed by atoms with E-state index in [2.05, 4.69) is 40.4 Å². The molecule has 136 valence electrons. The molecule has 1 aliphatic rings. The van der Waals surface area contributed by atoms with Gasteiger partial charge in [0.2, 0.25) is 0 Å². The predicted octanol–water partition coefficient (Wildman–Crippen LogP) is 2.06. The number of carbonyl (C=O) groups is 1. The van der Waals surface area contributed by atoms with E-state index in [4.69, 9.17) is 0 Å². The van der Waals surface area contributed by atoms with E-state index in [0.29, 0.717) is 0 Å². The number of nitrogens with zero attached hydrogens (tertiary/aromatic N) is 2. The van der Waals surface area contributed by atoms with Crippen molar-refractivity contribution < 1.29 is 4.79 Å². The molecule has 6 heteroatoms. The van der Waals surface area contributed by atoms with Crippen LogP contribution >= 0.6 is 0 Å². The van der Waals surface area contributed by atoms with Crippen LogP contribution in [0.1, 0.15) is 24.1 Å². The SMILES string of the molecule is CC1C(C(=O)N/N=C/c2ccc(N(C)C)cc2)NNC1c1ccccc1. The van der Waals surface area contributed by atoms with Gasteiger partial charge in [0.05, 0.1) is 12.3 Å². The molecule has 1 fully saturated rings. The van der Waals surface area contributed by atoms with Crippen molar-refractivity contribution >= 4 is 17.8 Å². The minimum Gasteiger partial charge on any atom is -0.378 e. The topological polar surface area (TPSA) is 68.8 Å². The zero-order valence-electron chi connectivity index (χ0n) is 15.3. The molecule has 0 radical (unpaired) electrons. The number of hydrogen-bond donors (Lipinski definition) is 3. The van der Waals surface area contributed by atoms with Crippen molar-refractivity contribution in [2.75, 3.05) is 19.0 Å². The molecule has 1 aliphatic heterocycles. The fourth-order valence-electron chi connectivity index (χ4n) is 3.08. The molecule has 0 spiro atoms. The summed E-state index contributed by atoms with van der Waals surface area (Å²) in [6.07, 6.45) is 1.65. The van der Waals surface area contributed by atoms with Crippen LogP contribution in [0.4, 0.5) is 5.69 Å². The lowest BCUT2D eigenvalue weighted by Crippen LogP contribution is -2.43. The normalized spacial score (nSPS) is 22.5. The number of amides is 1. The molecule has 2 aromatic rings. The molecule has 3 unspecified atom stereocenters. The Morgan fingerprint density at radius 3 is 2.42 bits per heavy atom. The number of benzene rings is 2. The van der Waals surface area contributed by atoms with Crippen molar-refractivity contribution in [3.05, 3.63) is 65.7 Å². The van der Waals surface area contributed by atoms with E-state index in [1.165, 1.54) is 0 Å². The molecular formula is C20H25N5O. The highest BCUT2D eigenvalue weighted by Gasteiger charge is 2.37. The molecule has 0 aliphatic carbocycles. The third-order valence-corrected chi connectivity index (χ3v) is 4.68. The molecule has 0 aromatic heterocycles. The molecule has 0 saturated carbocycles. The third-order valence-electron chi connectivity index (χ3n) is 4.68.